The average Bonchev–Trinajstić information content (AvgIpc) is 3.32. The lowest BCUT2D eigenvalue weighted by molar-refractivity contribution is 0.102. The first kappa shape index (κ1) is 21.9. The third-order valence-electron chi connectivity index (χ3n) is 5.27. The fourth-order valence-electron chi connectivity index (χ4n) is 3.59. The molecule has 0 radical (unpaired) electrons. The number of aryl methyl sites for hydroxylation is 2. The molecule has 0 fully saturated rings. The maximum atomic E-state index is 13.3. The van der Waals surface area contributed by atoms with Gasteiger partial charge in [-0.3, -0.25) is 9.78 Å². The van der Waals surface area contributed by atoms with Gasteiger partial charge in [0.15, 0.2) is 5.69 Å². The summed E-state index contributed by atoms with van der Waals surface area (Å²) >= 11 is 0. The van der Waals surface area contributed by atoms with E-state index in [1.165, 1.54) is 11.9 Å². The molecular formula is C26H22N8O. The summed E-state index contributed by atoms with van der Waals surface area (Å²) < 4.78 is 1.79. The summed E-state index contributed by atoms with van der Waals surface area (Å²) in [6.45, 7) is 0.584. The summed E-state index contributed by atoms with van der Waals surface area (Å²) in [5, 5.41) is 10.8. The topological polar surface area (TPSA) is 111 Å². The molecule has 0 atom stereocenters. The molecule has 1 amide bonds. The number of carbonyl (C=O) groups excluding carboxylic acids is 1. The normalized spacial score (nSPS) is 10.6. The van der Waals surface area contributed by atoms with Crippen LogP contribution in [0.3, 0.4) is 0 Å². The molecule has 0 saturated carbocycles. The number of benzene rings is 1. The molecule has 0 aliphatic rings. The highest BCUT2D eigenvalue weighted by Crippen LogP contribution is 2.23. The van der Waals surface area contributed by atoms with Crippen LogP contribution in [0.2, 0.25) is 0 Å². The molecule has 0 unspecified atom stereocenters. The van der Waals surface area contributed by atoms with Crippen LogP contribution < -0.4 is 10.6 Å². The minimum absolute atomic E-state index is 0.242. The van der Waals surface area contributed by atoms with Crippen LogP contribution in [-0.4, -0.2) is 35.6 Å². The van der Waals surface area contributed by atoms with Gasteiger partial charge >= 0.3 is 0 Å². The standard InChI is InChI=1S/C26H22N8O/c35-26(25-22(10-6-13-30-25)31-20-16-27-18-28-17-20)32-24-15-23(21-9-4-5-12-29-21)33-34(24)14-11-19-7-2-1-3-8-19/h1-10,12-13,15-18,31H,11,14H2,(H,32,35). The van der Waals surface area contributed by atoms with Crippen molar-refractivity contribution in [2.24, 2.45) is 0 Å². The molecule has 2 N–H and O–H groups in total. The van der Waals surface area contributed by atoms with Crippen LogP contribution in [0.5, 0.6) is 0 Å². The Labute approximate surface area is 202 Å². The number of pyridine rings is 2. The summed E-state index contributed by atoms with van der Waals surface area (Å²) in [5.74, 6) is 0.199. The number of carbonyl (C=O) groups is 1. The van der Waals surface area contributed by atoms with E-state index in [9.17, 15) is 4.79 Å². The Balaban J connectivity index is 1.42. The Morgan fingerprint density at radius 2 is 1.66 bits per heavy atom. The zero-order valence-corrected chi connectivity index (χ0v) is 18.7. The van der Waals surface area contributed by atoms with E-state index in [-0.39, 0.29) is 11.6 Å². The van der Waals surface area contributed by atoms with Gasteiger partial charge in [0, 0.05) is 25.0 Å². The molecule has 5 rings (SSSR count). The maximum absolute atomic E-state index is 13.3. The zero-order valence-electron chi connectivity index (χ0n) is 18.7. The lowest BCUT2D eigenvalue weighted by atomic mass is 10.1. The second-order valence-electron chi connectivity index (χ2n) is 7.69. The minimum atomic E-state index is -0.363. The lowest BCUT2D eigenvalue weighted by Gasteiger charge is -2.12. The zero-order chi connectivity index (χ0) is 23.9. The SMILES string of the molecule is O=C(Nc1cc(-c2ccccn2)nn1CCc1ccccc1)c1ncccc1Nc1cncnc1. The number of nitrogens with zero attached hydrogens (tertiary/aromatic N) is 6. The molecule has 1 aromatic carbocycles. The highest BCUT2D eigenvalue weighted by Gasteiger charge is 2.18. The number of hydrogen-bond donors (Lipinski definition) is 2. The van der Waals surface area contributed by atoms with Gasteiger partial charge in [-0.25, -0.2) is 19.6 Å². The van der Waals surface area contributed by atoms with Crippen molar-refractivity contribution in [2.45, 2.75) is 13.0 Å². The molecule has 5 aromatic rings. The summed E-state index contributed by atoms with van der Waals surface area (Å²) in [4.78, 5) is 30.0. The summed E-state index contributed by atoms with van der Waals surface area (Å²) in [7, 11) is 0. The first-order valence-electron chi connectivity index (χ1n) is 11.1. The van der Waals surface area contributed by atoms with E-state index in [1.54, 1.807) is 41.6 Å². The van der Waals surface area contributed by atoms with Crippen LogP contribution in [0.1, 0.15) is 16.1 Å². The highest BCUT2D eigenvalue weighted by molar-refractivity contribution is 6.06. The minimum Gasteiger partial charge on any atom is -0.351 e. The van der Waals surface area contributed by atoms with Gasteiger partial charge in [0.2, 0.25) is 0 Å². The third-order valence-corrected chi connectivity index (χ3v) is 5.27. The van der Waals surface area contributed by atoms with Gasteiger partial charge in [-0.15, -0.1) is 0 Å². The summed E-state index contributed by atoms with van der Waals surface area (Å²) in [5.41, 5.74) is 4.02. The van der Waals surface area contributed by atoms with Crippen LogP contribution in [0.4, 0.5) is 17.2 Å². The quantitative estimate of drug-likeness (QED) is 0.352. The summed E-state index contributed by atoms with van der Waals surface area (Å²) in [6, 6.07) is 21.2. The van der Waals surface area contributed by atoms with Crippen molar-refractivity contribution < 1.29 is 4.79 Å². The van der Waals surface area contributed by atoms with E-state index in [0.29, 0.717) is 29.4 Å². The fraction of sp³-hybridized carbons (Fsp3) is 0.0769. The third kappa shape index (κ3) is 5.36. The number of hydrogen-bond acceptors (Lipinski definition) is 7. The molecule has 0 saturated heterocycles. The second kappa shape index (κ2) is 10.3. The predicted octanol–water partition coefficient (Wildman–Crippen LogP) is 4.37. The number of nitrogens with one attached hydrogen (secondary N) is 2. The van der Waals surface area contributed by atoms with Gasteiger partial charge in [-0.2, -0.15) is 5.10 Å². The van der Waals surface area contributed by atoms with Gasteiger partial charge < -0.3 is 10.6 Å². The molecule has 0 aliphatic heterocycles. The molecule has 4 heterocycles. The van der Waals surface area contributed by atoms with Crippen LogP contribution in [0.15, 0.2) is 97.8 Å². The van der Waals surface area contributed by atoms with Crippen molar-refractivity contribution in [2.75, 3.05) is 10.6 Å². The number of rotatable bonds is 8. The van der Waals surface area contributed by atoms with E-state index in [0.717, 1.165) is 12.1 Å². The van der Waals surface area contributed by atoms with Crippen molar-refractivity contribution in [1.29, 1.82) is 0 Å². The van der Waals surface area contributed by atoms with Gasteiger partial charge in [-0.05, 0) is 36.2 Å². The largest absolute Gasteiger partial charge is 0.351 e. The van der Waals surface area contributed by atoms with Crippen LogP contribution in [0.25, 0.3) is 11.4 Å². The molecule has 4 aromatic heterocycles. The van der Waals surface area contributed by atoms with Crippen molar-refractivity contribution >= 4 is 23.1 Å². The highest BCUT2D eigenvalue weighted by atomic mass is 16.2. The van der Waals surface area contributed by atoms with Crippen molar-refractivity contribution in [1.82, 2.24) is 29.7 Å². The lowest BCUT2D eigenvalue weighted by Crippen LogP contribution is -2.19. The van der Waals surface area contributed by atoms with Crippen LogP contribution in [0, 0.1) is 0 Å². The van der Waals surface area contributed by atoms with Gasteiger partial charge in [0.1, 0.15) is 17.8 Å². The first-order valence-corrected chi connectivity index (χ1v) is 11.1. The molecule has 0 spiro atoms. The maximum Gasteiger partial charge on any atom is 0.277 e. The van der Waals surface area contributed by atoms with Crippen LogP contribution >= 0.6 is 0 Å². The molecule has 35 heavy (non-hydrogen) atoms. The number of amides is 1. The molecular weight excluding hydrogens is 440 g/mol. The monoisotopic (exact) mass is 462 g/mol. The van der Waals surface area contributed by atoms with Gasteiger partial charge in [-0.1, -0.05) is 36.4 Å². The van der Waals surface area contributed by atoms with Crippen molar-refractivity contribution in [3.05, 3.63) is 109 Å². The van der Waals surface area contributed by atoms with Crippen LogP contribution in [-0.2, 0) is 13.0 Å². The first-order chi connectivity index (χ1) is 17.3. The molecule has 9 nitrogen and oxygen atoms in total. The molecule has 172 valence electrons. The Morgan fingerprint density at radius 3 is 2.46 bits per heavy atom. The average molecular weight is 463 g/mol. The van der Waals surface area contributed by atoms with E-state index >= 15 is 0 Å². The van der Waals surface area contributed by atoms with Crippen molar-refractivity contribution in [3.63, 3.8) is 0 Å². The van der Waals surface area contributed by atoms with E-state index in [1.807, 2.05) is 42.5 Å². The molecule has 9 heteroatoms. The van der Waals surface area contributed by atoms with Crippen molar-refractivity contribution in [3.8, 4) is 11.4 Å². The van der Waals surface area contributed by atoms with Gasteiger partial charge in [0.25, 0.3) is 5.91 Å². The number of anilines is 3. The number of aromatic nitrogens is 6. The van der Waals surface area contributed by atoms with Gasteiger partial charge in [0.05, 0.1) is 29.5 Å². The Kier molecular flexibility index (Phi) is 6.47. The predicted molar refractivity (Wildman–Crippen MR) is 133 cm³/mol. The Bertz CT molecular complexity index is 1410. The second-order valence-corrected chi connectivity index (χ2v) is 7.69. The smallest absolute Gasteiger partial charge is 0.277 e. The van der Waals surface area contributed by atoms with E-state index < -0.39 is 0 Å². The molecule has 0 bridgehead atoms. The fourth-order valence-corrected chi connectivity index (χ4v) is 3.59. The Hall–Kier alpha value is -4.92. The molecule has 0 aliphatic carbocycles. The van der Waals surface area contributed by atoms with E-state index in [4.69, 9.17) is 5.10 Å². The van der Waals surface area contributed by atoms with E-state index in [2.05, 4.69) is 42.7 Å². The summed E-state index contributed by atoms with van der Waals surface area (Å²) in [6.07, 6.45) is 8.75. The Morgan fingerprint density at radius 1 is 0.857 bits per heavy atom.